The zero-order valence-electron chi connectivity index (χ0n) is 31.7. The molecule has 6 aromatic heterocycles. The minimum atomic E-state index is -1.07. The summed E-state index contributed by atoms with van der Waals surface area (Å²) >= 11 is 0. The molecule has 9 rings (SSSR count). The van der Waals surface area contributed by atoms with E-state index >= 15 is 0 Å². The number of carboxylic acids is 1. The first-order valence-electron chi connectivity index (χ1n) is 18.6. The smallest absolute Gasteiger partial charge is 0.341 e. The number of anilines is 2. The number of hydrogen-bond donors (Lipinski definition) is 4. The standard InChI is InChI=1S/C23H23N5O5.C18H15N7O/c1-2-11-27-22(31)19-21(28(23(27)32)12-14-3-7-16(24)8-4-14)26-20(25-19)15-5-9-17(10-6-15)33-13-18(29)30;19-18-22-16-13(11-20-24(16)9-8-12-5-2-1-3-6-12)17-21-15(23-25(17)18)14-7-4-10-26-14/h3-10H,2,11-13,24H2,1H3,(H,25,26)(H,29,30);1-7,10-11H,8-9H2,(H2,19,22). The first kappa shape index (κ1) is 37.9. The highest BCUT2D eigenvalue weighted by atomic mass is 16.5. The van der Waals surface area contributed by atoms with Crippen molar-refractivity contribution in [2.75, 3.05) is 18.1 Å². The molecule has 59 heavy (non-hydrogen) atoms. The summed E-state index contributed by atoms with van der Waals surface area (Å²) in [7, 11) is 0. The lowest BCUT2D eigenvalue weighted by atomic mass is 10.1. The number of hydrogen-bond acceptors (Lipinski definition) is 12. The van der Waals surface area contributed by atoms with E-state index in [1.54, 1.807) is 61.0 Å². The molecule has 0 saturated carbocycles. The molecule has 0 unspecified atom stereocenters. The summed E-state index contributed by atoms with van der Waals surface area (Å²) in [5, 5.41) is 18.4. The van der Waals surface area contributed by atoms with E-state index in [1.807, 2.05) is 41.9 Å². The van der Waals surface area contributed by atoms with Crippen LogP contribution in [0.25, 0.3) is 50.8 Å². The number of imidazole rings is 1. The quantitative estimate of drug-likeness (QED) is 0.124. The molecule has 0 saturated heterocycles. The molecule has 0 spiro atoms. The van der Waals surface area contributed by atoms with Crippen LogP contribution >= 0.6 is 0 Å². The van der Waals surface area contributed by atoms with Gasteiger partial charge in [0.2, 0.25) is 11.8 Å². The molecule has 0 fully saturated rings. The Kier molecular flexibility index (Phi) is 10.4. The van der Waals surface area contributed by atoms with Gasteiger partial charge >= 0.3 is 11.7 Å². The number of benzene rings is 3. The first-order chi connectivity index (χ1) is 28.7. The molecule has 298 valence electrons. The van der Waals surface area contributed by atoms with E-state index in [2.05, 4.69) is 42.3 Å². The molecule has 0 aliphatic heterocycles. The fraction of sp³-hybridized carbons (Fsp3) is 0.171. The Morgan fingerprint density at radius 3 is 2.34 bits per heavy atom. The second-order valence-electron chi connectivity index (χ2n) is 13.5. The number of aliphatic carboxylic acids is 1. The Bertz CT molecular complexity index is 3020. The minimum Gasteiger partial charge on any atom is -0.482 e. The van der Waals surface area contributed by atoms with E-state index in [0.29, 0.717) is 65.2 Å². The Hall–Kier alpha value is -8.02. The summed E-state index contributed by atoms with van der Waals surface area (Å²) < 4.78 is 16.6. The zero-order valence-corrected chi connectivity index (χ0v) is 31.7. The van der Waals surface area contributed by atoms with Gasteiger partial charge in [-0.05, 0) is 72.5 Å². The van der Waals surface area contributed by atoms with Crippen LogP contribution in [-0.2, 0) is 30.8 Å². The van der Waals surface area contributed by atoms with E-state index in [4.69, 9.17) is 25.7 Å². The summed E-state index contributed by atoms with van der Waals surface area (Å²) in [6.07, 6.45) is 4.82. The topological polar surface area (TPSA) is 245 Å². The van der Waals surface area contributed by atoms with Gasteiger partial charge in [-0.25, -0.2) is 24.2 Å². The monoisotopic (exact) mass is 794 g/mol. The molecule has 0 atom stereocenters. The largest absolute Gasteiger partial charge is 0.482 e. The number of H-pyrrole nitrogens is 1. The van der Waals surface area contributed by atoms with Gasteiger partial charge in [0, 0.05) is 24.3 Å². The van der Waals surface area contributed by atoms with E-state index in [9.17, 15) is 14.4 Å². The molecule has 18 nitrogen and oxygen atoms in total. The van der Waals surface area contributed by atoms with Gasteiger partial charge in [0.15, 0.2) is 29.3 Å². The van der Waals surface area contributed by atoms with Gasteiger partial charge in [0.05, 0.1) is 24.4 Å². The van der Waals surface area contributed by atoms with Gasteiger partial charge in [-0.3, -0.25) is 13.9 Å². The summed E-state index contributed by atoms with van der Waals surface area (Å²) in [6, 6.07) is 27.6. The van der Waals surface area contributed by atoms with E-state index in [1.165, 1.54) is 19.2 Å². The average Bonchev–Trinajstić information content (AvgIpc) is 4.08. The molecule has 6 N–H and O–H groups in total. The number of furan rings is 1. The number of aryl methyl sites for hydroxylation is 2. The molecule has 18 heteroatoms. The van der Waals surface area contributed by atoms with E-state index < -0.39 is 23.8 Å². The number of aromatic amines is 1. The van der Waals surface area contributed by atoms with Crippen LogP contribution in [0.5, 0.6) is 5.75 Å². The molecular formula is C41H38N12O6. The predicted octanol–water partition coefficient (Wildman–Crippen LogP) is 4.62. The molecular weight excluding hydrogens is 757 g/mol. The van der Waals surface area contributed by atoms with Crippen molar-refractivity contribution in [1.82, 2.24) is 48.5 Å². The molecule has 0 bridgehead atoms. The third kappa shape index (κ3) is 7.86. The van der Waals surface area contributed by atoms with Crippen LogP contribution in [0.3, 0.4) is 0 Å². The van der Waals surface area contributed by atoms with Crippen LogP contribution in [0.1, 0.15) is 24.5 Å². The van der Waals surface area contributed by atoms with Gasteiger partial charge in [-0.2, -0.15) is 14.6 Å². The van der Waals surface area contributed by atoms with Gasteiger partial charge in [-0.15, -0.1) is 5.10 Å². The lowest BCUT2D eigenvalue weighted by molar-refractivity contribution is -0.139. The van der Waals surface area contributed by atoms with Crippen LogP contribution in [-0.4, -0.2) is 66.1 Å². The van der Waals surface area contributed by atoms with E-state index in [0.717, 1.165) is 17.4 Å². The summed E-state index contributed by atoms with van der Waals surface area (Å²) in [4.78, 5) is 53.5. The van der Waals surface area contributed by atoms with Crippen LogP contribution in [0, 0.1) is 0 Å². The summed E-state index contributed by atoms with van der Waals surface area (Å²) in [5.41, 5.74) is 16.2. The number of aromatic nitrogens is 10. The Balaban J connectivity index is 0.000000168. The molecule has 3 aromatic carbocycles. The number of ether oxygens (including phenoxy) is 1. The Morgan fingerprint density at radius 2 is 1.63 bits per heavy atom. The SMILES string of the molecule is CCCn1c(=O)c2[nH]c(-c3ccc(OCC(=O)O)cc3)nc2n(Cc2ccc(N)cc2)c1=O.Nc1nc2c(cnn2CCc2ccccc2)c2nc(-c3ccco3)nn12. The van der Waals surface area contributed by atoms with Crippen molar-refractivity contribution >= 4 is 45.4 Å². The number of rotatable bonds is 12. The number of carboxylic acid groups (broad SMARTS) is 1. The molecule has 0 aliphatic carbocycles. The third-order valence-corrected chi connectivity index (χ3v) is 9.41. The van der Waals surface area contributed by atoms with Crippen molar-refractivity contribution in [3.63, 3.8) is 0 Å². The third-order valence-electron chi connectivity index (χ3n) is 9.41. The average molecular weight is 795 g/mol. The number of nitrogens with one attached hydrogen (secondary N) is 1. The van der Waals surface area contributed by atoms with Crippen LogP contribution < -0.4 is 27.5 Å². The highest BCUT2D eigenvalue weighted by Crippen LogP contribution is 2.25. The van der Waals surface area contributed by atoms with E-state index in [-0.39, 0.29) is 23.7 Å². The van der Waals surface area contributed by atoms with Gasteiger partial charge < -0.3 is 30.7 Å². The highest BCUT2D eigenvalue weighted by molar-refractivity contribution is 5.90. The Morgan fingerprint density at radius 1 is 0.847 bits per heavy atom. The lowest BCUT2D eigenvalue weighted by Gasteiger charge is -2.11. The lowest BCUT2D eigenvalue weighted by Crippen LogP contribution is -2.40. The summed E-state index contributed by atoms with van der Waals surface area (Å²) in [5.74, 6) is 1.04. The fourth-order valence-electron chi connectivity index (χ4n) is 6.54. The molecule has 0 amide bonds. The molecule has 9 aromatic rings. The Labute approximate surface area is 334 Å². The minimum absolute atomic E-state index is 0.228. The first-order valence-corrected chi connectivity index (χ1v) is 18.6. The van der Waals surface area contributed by atoms with Gasteiger partial charge in [-0.1, -0.05) is 49.4 Å². The molecule has 6 heterocycles. The summed E-state index contributed by atoms with van der Waals surface area (Å²) in [6.45, 7) is 2.67. The van der Waals surface area contributed by atoms with Crippen LogP contribution in [0.2, 0.25) is 0 Å². The fourth-order valence-corrected chi connectivity index (χ4v) is 6.54. The molecule has 0 aliphatic rings. The maximum absolute atomic E-state index is 13.2. The van der Waals surface area contributed by atoms with Crippen molar-refractivity contribution in [2.24, 2.45) is 0 Å². The maximum atomic E-state index is 13.2. The number of fused-ring (bicyclic) bond motifs is 4. The predicted molar refractivity (Wildman–Crippen MR) is 220 cm³/mol. The number of nitrogen functional groups attached to an aromatic ring is 2. The second kappa shape index (κ2) is 16.2. The van der Waals surface area contributed by atoms with Crippen molar-refractivity contribution in [3.05, 3.63) is 135 Å². The number of nitrogens with two attached hydrogens (primary N) is 2. The second-order valence-corrected chi connectivity index (χ2v) is 13.5. The van der Waals surface area contributed by atoms with Crippen LogP contribution in [0.4, 0.5) is 11.6 Å². The van der Waals surface area contributed by atoms with Crippen molar-refractivity contribution in [3.8, 4) is 28.7 Å². The van der Waals surface area contributed by atoms with Gasteiger partial charge in [0.25, 0.3) is 5.56 Å². The van der Waals surface area contributed by atoms with Crippen molar-refractivity contribution in [2.45, 2.75) is 39.4 Å². The van der Waals surface area contributed by atoms with Gasteiger partial charge in [0.1, 0.15) is 17.1 Å². The number of carbonyl (C=O) groups is 1. The van der Waals surface area contributed by atoms with Crippen molar-refractivity contribution < 1.29 is 19.1 Å². The zero-order chi connectivity index (χ0) is 41.0. The maximum Gasteiger partial charge on any atom is 0.341 e. The van der Waals surface area contributed by atoms with Crippen LogP contribution in [0.15, 0.2) is 117 Å². The normalized spacial score (nSPS) is 11.3. The highest BCUT2D eigenvalue weighted by Gasteiger charge is 2.19. The molecule has 0 radical (unpaired) electrons. The van der Waals surface area contributed by atoms with Crippen molar-refractivity contribution in [1.29, 1.82) is 0 Å². The number of nitrogens with zero attached hydrogens (tertiary/aromatic N) is 9.